The molecular formula is C9H16N4O2. The van der Waals surface area contributed by atoms with Crippen molar-refractivity contribution in [1.82, 2.24) is 14.7 Å². The molecule has 6 heteroatoms. The lowest BCUT2D eigenvalue weighted by atomic mass is 10.5. The van der Waals surface area contributed by atoms with E-state index in [1.165, 1.54) is 10.9 Å². The molecule has 0 aliphatic rings. The highest BCUT2D eigenvalue weighted by Gasteiger charge is 2.09. The SMILES string of the molecule is COCCN(C)C(=O)Cn1cc(N)cn1. The number of likely N-dealkylation sites (N-methyl/N-ethyl adjacent to an activating group) is 1. The Morgan fingerprint density at radius 3 is 3.00 bits per heavy atom. The van der Waals surface area contributed by atoms with Gasteiger partial charge < -0.3 is 15.4 Å². The number of hydrogen-bond donors (Lipinski definition) is 1. The molecule has 0 aliphatic carbocycles. The molecule has 0 saturated heterocycles. The monoisotopic (exact) mass is 212 g/mol. The summed E-state index contributed by atoms with van der Waals surface area (Å²) in [6.07, 6.45) is 3.14. The van der Waals surface area contributed by atoms with Gasteiger partial charge in [0.2, 0.25) is 5.91 Å². The van der Waals surface area contributed by atoms with Crippen LogP contribution < -0.4 is 5.73 Å². The predicted octanol–water partition coefficient (Wildman–Crippen LogP) is -0.430. The zero-order valence-corrected chi connectivity index (χ0v) is 9.01. The van der Waals surface area contributed by atoms with Crippen LogP contribution in [0.1, 0.15) is 0 Å². The van der Waals surface area contributed by atoms with Crippen LogP contribution in [0.4, 0.5) is 5.69 Å². The van der Waals surface area contributed by atoms with E-state index >= 15 is 0 Å². The van der Waals surface area contributed by atoms with Gasteiger partial charge in [0.05, 0.1) is 18.5 Å². The Morgan fingerprint density at radius 2 is 2.47 bits per heavy atom. The van der Waals surface area contributed by atoms with Crippen molar-refractivity contribution in [2.45, 2.75) is 6.54 Å². The third kappa shape index (κ3) is 3.59. The predicted molar refractivity (Wildman–Crippen MR) is 56.2 cm³/mol. The fourth-order valence-electron chi connectivity index (χ4n) is 1.08. The molecule has 0 spiro atoms. The molecule has 0 saturated carbocycles. The molecule has 0 fully saturated rings. The van der Waals surface area contributed by atoms with Crippen LogP contribution in [0.25, 0.3) is 0 Å². The minimum atomic E-state index is -0.0184. The molecule has 0 bridgehead atoms. The molecule has 84 valence electrons. The van der Waals surface area contributed by atoms with Gasteiger partial charge in [-0.2, -0.15) is 5.10 Å². The summed E-state index contributed by atoms with van der Waals surface area (Å²) >= 11 is 0. The Bertz CT molecular complexity index is 324. The summed E-state index contributed by atoms with van der Waals surface area (Å²) in [6, 6.07) is 0. The van der Waals surface area contributed by atoms with Crippen LogP contribution in [0.3, 0.4) is 0 Å². The van der Waals surface area contributed by atoms with E-state index in [-0.39, 0.29) is 12.5 Å². The van der Waals surface area contributed by atoms with E-state index in [0.717, 1.165) is 0 Å². The average Bonchev–Trinajstić information content (AvgIpc) is 2.60. The van der Waals surface area contributed by atoms with Crippen molar-refractivity contribution >= 4 is 11.6 Å². The quantitative estimate of drug-likeness (QED) is 0.718. The largest absolute Gasteiger partial charge is 0.396 e. The second kappa shape index (κ2) is 5.35. The Balaban J connectivity index is 2.41. The minimum absolute atomic E-state index is 0.0184. The van der Waals surface area contributed by atoms with Gasteiger partial charge in [0.25, 0.3) is 0 Å². The lowest BCUT2D eigenvalue weighted by Gasteiger charge is -2.16. The lowest BCUT2D eigenvalue weighted by Crippen LogP contribution is -2.32. The van der Waals surface area contributed by atoms with Crippen LogP contribution in [0.15, 0.2) is 12.4 Å². The number of methoxy groups -OCH3 is 1. The summed E-state index contributed by atoms with van der Waals surface area (Å²) in [6.45, 7) is 1.31. The molecule has 15 heavy (non-hydrogen) atoms. The zero-order chi connectivity index (χ0) is 11.3. The van der Waals surface area contributed by atoms with Gasteiger partial charge in [-0.15, -0.1) is 0 Å². The number of carbonyl (C=O) groups excluding carboxylic acids is 1. The van der Waals surface area contributed by atoms with E-state index in [1.54, 1.807) is 25.3 Å². The van der Waals surface area contributed by atoms with Crippen molar-refractivity contribution < 1.29 is 9.53 Å². The smallest absolute Gasteiger partial charge is 0.244 e. The Hall–Kier alpha value is -1.56. The van der Waals surface area contributed by atoms with E-state index in [9.17, 15) is 4.79 Å². The van der Waals surface area contributed by atoms with Crippen molar-refractivity contribution in [2.24, 2.45) is 0 Å². The van der Waals surface area contributed by atoms with E-state index in [0.29, 0.717) is 18.8 Å². The van der Waals surface area contributed by atoms with Crippen LogP contribution in [0.5, 0.6) is 0 Å². The number of nitrogens with zero attached hydrogens (tertiary/aromatic N) is 3. The highest BCUT2D eigenvalue weighted by molar-refractivity contribution is 5.75. The molecule has 1 amide bonds. The van der Waals surface area contributed by atoms with Gasteiger partial charge in [0, 0.05) is 26.9 Å². The average molecular weight is 212 g/mol. The van der Waals surface area contributed by atoms with Gasteiger partial charge in [0.1, 0.15) is 6.54 Å². The van der Waals surface area contributed by atoms with Gasteiger partial charge in [-0.25, -0.2) is 0 Å². The minimum Gasteiger partial charge on any atom is -0.396 e. The molecule has 0 atom stereocenters. The van der Waals surface area contributed by atoms with Crippen molar-refractivity contribution in [2.75, 3.05) is 33.0 Å². The summed E-state index contributed by atoms with van der Waals surface area (Å²) in [4.78, 5) is 13.2. The van der Waals surface area contributed by atoms with Gasteiger partial charge in [-0.3, -0.25) is 9.48 Å². The van der Waals surface area contributed by atoms with Crippen molar-refractivity contribution in [1.29, 1.82) is 0 Å². The maximum Gasteiger partial charge on any atom is 0.244 e. The first-order valence-corrected chi connectivity index (χ1v) is 4.64. The molecule has 0 aromatic carbocycles. The Kier molecular flexibility index (Phi) is 4.11. The van der Waals surface area contributed by atoms with Crippen molar-refractivity contribution in [3.63, 3.8) is 0 Å². The maximum atomic E-state index is 11.6. The highest BCUT2D eigenvalue weighted by Crippen LogP contribution is 1.98. The number of rotatable bonds is 5. The first-order valence-electron chi connectivity index (χ1n) is 4.64. The van der Waals surface area contributed by atoms with Crippen LogP contribution in [0.2, 0.25) is 0 Å². The molecular weight excluding hydrogens is 196 g/mol. The number of hydrogen-bond acceptors (Lipinski definition) is 4. The zero-order valence-electron chi connectivity index (χ0n) is 9.01. The number of anilines is 1. The summed E-state index contributed by atoms with van der Waals surface area (Å²) < 4.78 is 6.40. The van der Waals surface area contributed by atoms with Crippen molar-refractivity contribution in [3.8, 4) is 0 Å². The summed E-state index contributed by atoms with van der Waals surface area (Å²) in [7, 11) is 3.33. The van der Waals surface area contributed by atoms with Crippen LogP contribution in [-0.2, 0) is 16.1 Å². The van der Waals surface area contributed by atoms with Gasteiger partial charge in [-0.05, 0) is 0 Å². The van der Waals surface area contributed by atoms with Gasteiger partial charge >= 0.3 is 0 Å². The van der Waals surface area contributed by atoms with Crippen LogP contribution in [0, 0.1) is 0 Å². The van der Waals surface area contributed by atoms with E-state index in [4.69, 9.17) is 10.5 Å². The molecule has 1 rings (SSSR count). The molecule has 1 aromatic heterocycles. The molecule has 1 heterocycles. The first-order chi connectivity index (χ1) is 7.13. The number of nitrogens with two attached hydrogens (primary N) is 1. The summed E-state index contributed by atoms with van der Waals surface area (Å²) in [5, 5.41) is 3.93. The van der Waals surface area contributed by atoms with Crippen LogP contribution in [-0.4, -0.2) is 47.9 Å². The third-order valence-corrected chi connectivity index (χ3v) is 2.01. The standard InChI is InChI=1S/C9H16N4O2/c1-12(3-4-15-2)9(14)7-13-6-8(10)5-11-13/h5-6H,3-4,7,10H2,1-2H3. The van der Waals surface area contributed by atoms with E-state index in [1.807, 2.05) is 0 Å². The third-order valence-electron chi connectivity index (χ3n) is 2.01. The summed E-state index contributed by atoms with van der Waals surface area (Å²) in [5.41, 5.74) is 6.04. The second-order valence-electron chi connectivity index (χ2n) is 3.28. The Labute approximate surface area is 88.6 Å². The van der Waals surface area contributed by atoms with Crippen molar-refractivity contribution in [3.05, 3.63) is 12.4 Å². The van der Waals surface area contributed by atoms with Crippen LogP contribution >= 0.6 is 0 Å². The van der Waals surface area contributed by atoms with E-state index < -0.39 is 0 Å². The van der Waals surface area contributed by atoms with Gasteiger partial charge in [0.15, 0.2) is 0 Å². The number of amides is 1. The fourth-order valence-corrected chi connectivity index (χ4v) is 1.08. The Morgan fingerprint density at radius 1 is 1.73 bits per heavy atom. The van der Waals surface area contributed by atoms with E-state index in [2.05, 4.69) is 5.10 Å². The summed E-state index contributed by atoms with van der Waals surface area (Å²) in [5.74, 6) is -0.0184. The maximum absolute atomic E-state index is 11.6. The molecule has 2 N–H and O–H groups in total. The molecule has 0 unspecified atom stereocenters. The molecule has 1 aromatic rings. The second-order valence-corrected chi connectivity index (χ2v) is 3.28. The highest BCUT2D eigenvalue weighted by atomic mass is 16.5. The lowest BCUT2D eigenvalue weighted by molar-refractivity contribution is -0.131. The van der Waals surface area contributed by atoms with Gasteiger partial charge in [-0.1, -0.05) is 0 Å². The number of aromatic nitrogens is 2. The number of ether oxygens (including phenoxy) is 1. The molecule has 6 nitrogen and oxygen atoms in total. The number of carbonyl (C=O) groups is 1. The topological polar surface area (TPSA) is 73.4 Å². The fraction of sp³-hybridized carbons (Fsp3) is 0.556. The first kappa shape index (κ1) is 11.5. The molecule has 0 radical (unpaired) electrons. The molecule has 0 aliphatic heterocycles. The number of nitrogen functional groups attached to an aromatic ring is 1. The normalized spacial score (nSPS) is 10.3.